The molecule has 3 nitrogen and oxygen atoms in total. The van der Waals surface area contributed by atoms with Gasteiger partial charge in [0.05, 0.1) is 11.0 Å². The summed E-state index contributed by atoms with van der Waals surface area (Å²) >= 11 is 1.45. The molecule has 1 aromatic heterocycles. The second-order valence-corrected chi connectivity index (χ2v) is 6.33. The van der Waals surface area contributed by atoms with Crippen LogP contribution in [0.15, 0.2) is 11.4 Å². The van der Waals surface area contributed by atoms with Crippen molar-refractivity contribution in [3.63, 3.8) is 0 Å². The second-order valence-electron chi connectivity index (χ2n) is 5.41. The third-order valence-electron chi connectivity index (χ3n) is 2.66. The molecule has 96 valence electrons. The van der Waals surface area contributed by atoms with Crippen LogP contribution in [0.5, 0.6) is 0 Å². The van der Waals surface area contributed by atoms with Gasteiger partial charge in [0.25, 0.3) is 5.91 Å². The summed E-state index contributed by atoms with van der Waals surface area (Å²) in [4.78, 5) is 12.4. The molecule has 1 aromatic rings. The Labute approximate surface area is 107 Å². The van der Waals surface area contributed by atoms with Crippen molar-refractivity contribution in [1.29, 1.82) is 0 Å². The first-order chi connectivity index (χ1) is 7.80. The van der Waals surface area contributed by atoms with Crippen LogP contribution >= 0.6 is 11.3 Å². The maximum Gasteiger partial charge on any atom is 0.261 e. The largest absolute Gasteiger partial charge is 0.393 e. The fourth-order valence-electron chi connectivity index (χ4n) is 1.39. The number of carbonyl (C=O) groups is 1. The molecule has 1 heterocycles. The average Bonchev–Trinajstić information content (AvgIpc) is 2.63. The molecule has 2 N–H and O–H groups in total. The Hall–Kier alpha value is -0.870. The van der Waals surface area contributed by atoms with Gasteiger partial charge in [-0.2, -0.15) is 0 Å². The first kappa shape index (κ1) is 14.2. The predicted molar refractivity (Wildman–Crippen MR) is 71.5 cm³/mol. The summed E-state index contributed by atoms with van der Waals surface area (Å²) < 4.78 is 0. The molecule has 1 rings (SSSR count). The zero-order chi connectivity index (χ0) is 13.1. The summed E-state index contributed by atoms with van der Waals surface area (Å²) in [5, 5.41) is 14.6. The molecule has 4 heteroatoms. The molecule has 0 radical (unpaired) electrons. The molecule has 0 saturated heterocycles. The lowest BCUT2D eigenvalue weighted by Gasteiger charge is -2.25. The minimum Gasteiger partial charge on any atom is -0.393 e. The Morgan fingerprint density at radius 2 is 2.18 bits per heavy atom. The lowest BCUT2D eigenvalue weighted by atomic mass is 9.87. The first-order valence-corrected chi connectivity index (χ1v) is 6.70. The van der Waals surface area contributed by atoms with E-state index >= 15 is 0 Å². The van der Waals surface area contributed by atoms with E-state index in [1.807, 2.05) is 39.1 Å². The van der Waals surface area contributed by atoms with Crippen LogP contribution < -0.4 is 5.32 Å². The molecule has 0 fully saturated rings. The number of amides is 1. The Morgan fingerprint density at radius 1 is 1.53 bits per heavy atom. The highest BCUT2D eigenvalue weighted by Crippen LogP contribution is 2.21. The Kier molecular flexibility index (Phi) is 4.71. The van der Waals surface area contributed by atoms with Crippen LogP contribution in [0.1, 0.15) is 42.4 Å². The number of hydrogen-bond acceptors (Lipinski definition) is 3. The highest BCUT2D eigenvalue weighted by molar-refractivity contribution is 7.12. The van der Waals surface area contributed by atoms with Crippen molar-refractivity contribution in [3.05, 3.63) is 21.9 Å². The zero-order valence-corrected chi connectivity index (χ0v) is 11.7. The number of nitrogens with one attached hydrogen (secondary N) is 1. The average molecular weight is 255 g/mol. The summed E-state index contributed by atoms with van der Waals surface area (Å²) in [5.74, 6) is -0.0517. The van der Waals surface area contributed by atoms with E-state index in [0.717, 1.165) is 10.4 Å². The van der Waals surface area contributed by atoms with E-state index in [0.29, 0.717) is 13.0 Å². The molecule has 0 unspecified atom stereocenters. The van der Waals surface area contributed by atoms with E-state index in [1.165, 1.54) is 11.3 Å². The molecule has 1 amide bonds. The summed E-state index contributed by atoms with van der Waals surface area (Å²) in [6.07, 6.45) is 0.187. The van der Waals surface area contributed by atoms with Crippen LogP contribution in [0.3, 0.4) is 0 Å². The van der Waals surface area contributed by atoms with Crippen LogP contribution in [-0.2, 0) is 0 Å². The van der Waals surface area contributed by atoms with Gasteiger partial charge in [-0.3, -0.25) is 4.79 Å². The van der Waals surface area contributed by atoms with Gasteiger partial charge in [0.1, 0.15) is 0 Å². The molecule has 0 spiro atoms. The van der Waals surface area contributed by atoms with E-state index in [4.69, 9.17) is 0 Å². The van der Waals surface area contributed by atoms with Crippen LogP contribution in [0, 0.1) is 12.3 Å². The fourth-order valence-corrected chi connectivity index (χ4v) is 2.21. The number of carbonyl (C=O) groups excluding carboxylic acids is 1. The first-order valence-electron chi connectivity index (χ1n) is 5.82. The Bertz CT molecular complexity index is 379. The highest BCUT2D eigenvalue weighted by Gasteiger charge is 2.21. The van der Waals surface area contributed by atoms with Gasteiger partial charge in [-0.15, -0.1) is 11.3 Å². The number of thiophene rings is 1. The van der Waals surface area contributed by atoms with Gasteiger partial charge in [-0.25, -0.2) is 0 Å². The van der Waals surface area contributed by atoms with Crippen molar-refractivity contribution in [1.82, 2.24) is 5.32 Å². The number of aliphatic hydroxyl groups excluding tert-OH is 1. The topological polar surface area (TPSA) is 49.3 Å². The van der Waals surface area contributed by atoms with Gasteiger partial charge in [-0.05, 0) is 35.8 Å². The van der Waals surface area contributed by atoms with Gasteiger partial charge >= 0.3 is 0 Å². The predicted octanol–water partition coefficient (Wildman–Crippen LogP) is 2.58. The molecule has 0 aliphatic carbocycles. The standard InChI is InChI=1S/C13H21NO2S/c1-9-7-10(17-8-9)12(16)14-6-5-11(15)13(2,3)4/h7-8,11,15H,5-6H2,1-4H3,(H,14,16)/t11-/m0/s1. The number of aliphatic hydroxyl groups is 1. The van der Waals surface area contributed by atoms with E-state index < -0.39 is 6.10 Å². The summed E-state index contributed by atoms with van der Waals surface area (Å²) in [5.41, 5.74) is 0.972. The Balaban J connectivity index is 2.35. The monoisotopic (exact) mass is 255 g/mol. The maximum atomic E-state index is 11.7. The van der Waals surface area contributed by atoms with Crippen molar-refractivity contribution in [2.75, 3.05) is 6.54 Å². The van der Waals surface area contributed by atoms with Crippen molar-refractivity contribution in [3.8, 4) is 0 Å². The molecule has 1 atom stereocenters. The third kappa shape index (κ3) is 4.48. The molecule has 0 aromatic carbocycles. The lowest BCUT2D eigenvalue weighted by Crippen LogP contribution is -2.32. The third-order valence-corrected chi connectivity index (χ3v) is 3.70. The minimum atomic E-state index is -0.395. The SMILES string of the molecule is Cc1csc(C(=O)NCC[C@H](O)C(C)(C)C)c1. The maximum absolute atomic E-state index is 11.7. The molecular formula is C13H21NO2S. The van der Waals surface area contributed by atoms with Crippen LogP contribution in [0.25, 0.3) is 0 Å². The van der Waals surface area contributed by atoms with Crippen LogP contribution in [0.4, 0.5) is 0 Å². The second kappa shape index (κ2) is 5.65. The van der Waals surface area contributed by atoms with E-state index in [2.05, 4.69) is 5.32 Å². The Morgan fingerprint density at radius 3 is 2.65 bits per heavy atom. The number of rotatable bonds is 4. The molecule has 0 aliphatic heterocycles. The van der Waals surface area contributed by atoms with Crippen LogP contribution in [-0.4, -0.2) is 23.7 Å². The smallest absolute Gasteiger partial charge is 0.261 e. The van der Waals surface area contributed by atoms with E-state index in [1.54, 1.807) is 0 Å². The summed E-state index contributed by atoms with van der Waals surface area (Å²) in [6.45, 7) is 8.44. The van der Waals surface area contributed by atoms with Gasteiger partial charge in [0, 0.05) is 6.54 Å². The zero-order valence-electron chi connectivity index (χ0n) is 10.9. The summed E-state index contributed by atoms with van der Waals surface area (Å²) in [6, 6.07) is 1.88. The quantitative estimate of drug-likeness (QED) is 0.868. The molecule has 17 heavy (non-hydrogen) atoms. The van der Waals surface area contributed by atoms with Crippen molar-refractivity contribution in [2.24, 2.45) is 5.41 Å². The fraction of sp³-hybridized carbons (Fsp3) is 0.615. The van der Waals surface area contributed by atoms with Crippen molar-refractivity contribution >= 4 is 17.2 Å². The highest BCUT2D eigenvalue weighted by atomic mass is 32.1. The van der Waals surface area contributed by atoms with Gasteiger partial charge < -0.3 is 10.4 Å². The minimum absolute atomic E-state index is 0.0517. The molecule has 0 bridgehead atoms. The van der Waals surface area contributed by atoms with Crippen LogP contribution in [0.2, 0.25) is 0 Å². The van der Waals surface area contributed by atoms with E-state index in [9.17, 15) is 9.90 Å². The molecule has 0 saturated carbocycles. The van der Waals surface area contributed by atoms with E-state index in [-0.39, 0.29) is 11.3 Å². The lowest BCUT2D eigenvalue weighted by molar-refractivity contribution is 0.0551. The number of aryl methyl sites for hydroxylation is 1. The normalized spacial score (nSPS) is 13.5. The molecule has 0 aliphatic rings. The van der Waals surface area contributed by atoms with Crippen molar-refractivity contribution < 1.29 is 9.90 Å². The van der Waals surface area contributed by atoms with Gasteiger partial charge in [-0.1, -0.05) is 20.8 Å². The van der Waals surface area contributed by atoms with Crippen molar-refractivity contribution in [2.45, 2.75) is 40.2 Å². The van der Waals surface area contributed by atoms with Gasteiger partial charge in [0.15, 0.2) is 0 Å². The summed E-state index contributed by atoms with van der Waals surface area (Å²) in [7, 11) is 0. The molecular weight excluding hydrogens is 234 g/mol. The van der Waals surface area contributed by atoms with Gasteiger partial charge in [0.2, 0.25) is 0 Å². The number of hydrogen-bond donors (Lipinski definition) is 2.